The van der Waals surface area contributed by atoms with E-state index in [0.29, 0.717) is 11.9 Å². The number of hydrogen-bond donors (Lipinski definition) is 0. The number of fused-ring (bicyclic) bond motifs is 2. The molecule has 3 aromatic rings. The first-order valence-electron chi connectivity index (χ1n) is 7.36. The van der Waals surface area contributed by atoms with Gasteiger partial charge in [-0.15, -0.1) is 11.6 Å². The van der Waals surface area contributed by atoms with Crippen molar-refractivity contribution in [3.63, 3.8) is 0 Å². The molecule has 1 aliphatic carbocycles. The van der Waals surface area contributed by atoms with Crippen LogP contribution in [0.4, 0.5) is 0 Å². The van der Waals surface area contributed by atoms with Gasteiger partial charge in [0.1, 0.15) is 5.82 Å². The number of benzene rings is 2. The molecule has 1 aliphatic rings. The Bertz CT molecular complexity index is 794. The number of aromatic nitrogens is 2. The minimum absolute atomic E-state index is 0.433. The van der Waals surface area contributed by atoms with Crippen molar-refractivity contribution in [2.75, 3.05) is 0 Å². The molecule has 0 N–H and O–H groups in total. The van der Waals surface area contributed by atoms with E-state index in [1.54, 1.807) is 0 Å². The van der Waals surface area contributed by atoms with Crippen LogP contribution in [-0.4, -0.2) is 9.55 Å². The summed E-state index contributed by atoms with van der Waals surface area (Å²) in [6, 6.07) is 15.6. The van der Waals surface area contributed by atoms with E-state index in [1.165, 1.54) is 22.2 Å². The third-order valence-corrected chi connectivity index (χ3v) is 4.67. The zero-order chi connectivity index (χ0) is 14.4. The van der Waals surface area contributed by atoms with Crippen molar-refractivity contribution in [2.24, 2.45) is 0 Å². The van der Waals surface area contributed by atoms with Gasteiger partial charge in [-0.3, -0.25) is 0 Å². The highest BCUT2D eigenvalue weighted by atomic mass is 35.5. The molecule has 0 unspecified atom stereocenters. The average molecular weight is 297 g/mol. The molecule has 0 fully saturated rings. The second kappa shape index (κ2) is 4.88. The largest absolute Gasteiger partial charge is 0.323 e. The van der Waals surface area contributed by atoms with Crippen LogP contribution in [0, 0.1) is 6.92 Å². The molecule has 0 saturated carbocycles. The number of alkyl halides is 1. The minimum atomic E-state index is 0.433. The first-order chi connectivity index (χ1) is 10.3. The molecule has 0 radical (unpaired) electrons. The third kappa shape index (κ3) is 2.06. The zero-order valence-corrected chi connectivity index (χ0v) is 12.8. The smallest absolute Gasteiger partial charge is 0.125 e. The van der Waals surface area contributed by atoms with Crippen LogP contribution in [0.1, 0.15) is 28.6 Å². The summed E-state index contributed by atoms with van der Waals surface area (Å²) in [6.45, 7) is 2.13. The summed E-state index contributed by atoms with van der Waals surface area (Å²) >= 11 is 6.15. The number of hydrogen-bond acceptors (Lipinski definition) is 1. The van der Waals surface area contributed by atoms with Gasteiger partial charge in [-0.25, -0.2) is 4.98 Å². The topological polar surface area (TPSA) is 17.8 Å². The summed E-state index contributed by atoms with van der Waals surface area (Å²) in [4.78, 5) is 4.71. The van der Waals surface area contributed by atoms with Gasteiger partial charge in [0.25, 0.3) is 0 Å². The van der Waals surface area contributed by atoms with Crippen molar-refractivity contribution in [1.82, 2.24) is 9.55 Å². The number of imidazole rings is 1. The summed E-state index contributed by atoms with van der Waals surface area (Å²) in [5.74, 6) is 1.44. The van der Waals surface area contributed by atoms with Crippen LogP contribution in [0.25, 0.3) is 11.0 Å². The van der Waals surface area contributed by atoms with Crippen molar-refractivity contribution < 1.29 is 0 Å². The van der Waals surface area contributed by atoms with Crippen LogP contribution < -0.4 is 0 Å². The Hall–Kier alpha value is -1.80. The van der Waals surface area contributed by atoms with E-state index in [2.05, 4.69) is 54.0 Å². The molecule has 1 heterocycles. The maximum absolute atomic E-state index is 6.15. The second-order valence-corrected chi connectivity index (χ2v) is 6.12. The molecule has 106 valence electrons. The van der Waals surface area contributed by atoms with Crippen molar-refractivity contribution in [1.29, 1.82) is 0 Å². The summed E-state index contributed by atoms with van der Waals surface area (Å²) < 4.78 is 2.36. The van der Waals surface area contributed by atoms with Gasteiger partial charge >= 0.3 is 0 Å². The van der Waals surface area contributed by atoms with Gasteiger partial charge < -0.3 is 4.57 Å². The van der Waals surface area contributed by atoms with E-state index >= 15 is 0 Å². The Kier molecular flexibility index (Phi) is 3.00. The van der Waals surface area contributed by atoms with Crippen LogP contribution in [0.3, 0.4) is 0 Å². The fraction of sp³-hybridized carbons (Fsp3) is 0.278. The molecule has 0 amide bonds. The maximum atomic E-state index is 6.15. The first kappa shape index (κ1) is 12.9. The third-order valence-electron chi connectivity index (χ3n) is 4.43. The molecule has 0 atom stereocenters. The fourth-order valence-corrected chi connectivity index (χ4v) is 3.66. The Balaban J connectivity index is 1.85. The standard InChI is InChI=1S/C18H17ClN2/c1-12-6-7-16-17(8-12)21(18(11-19)20-16)15-9-13-4-2-3-5-14(13)10-15/h2-8,15H,9-11H2,1H3. The maximum Gasteiger partial charge on any atom is 0.125 e. The summed E-state index contributed by atoms with van der Waals surface area (Å²) in [5, 5.41) is 0. The van der Waals surface area contributed by atoms with Gasteiger partial charge in [0.05, 0.1) is 16.9 Å². The van der Waals surface area contributed by atoms with Crippen LogP contribution in [-0.2, 0) is 18.7 Å². The number of halogens is 1. The molecule has 2 nitrogen and oxygen atoms in total. The van der Waals surface area contributed by atoms with Gasteiger partial charge in [0.2, 0.25) is 0 Å². The molecule has 0 bridgehead atoms. The Labute approximate surface area is 129 Å². The lowest BCUT2D eigenvalue weighted by molar-refractivity contribution is 0.528. The van der Waals surface area contributed by atoms with E-state index in [0.717, 1.165) is 24.2 Å². The summed E-state index contributed by atoms with van der Waals surface area (Å²) in [5.41, 5.74) is 6.44. The van der Waals surface area contributed by atoms with Gasteiger partial charge in [-0.05, 0) is 48.6 Å². The van der Waals surface area contributed by atoms with Crippen LogP contribution in [0.5, 0.6) is 0 Å². The molecular formula is C18H17ClN2. The number of nitrogens with zero attached hydrogens (tertiary/aromatic N) is 2. The molecule has 4 rings (SSSR count). The van der Waals surface area contributed by atoms with Crippen molar-refractivity contribution in [3.05, 3.63) is 65.0 Å². The monoisotopic (exact) mass is 296 g/mol. The first-order valence-corrected chi connectivity index (χ1v) is 7.90. The molecular weight excluding hydrogens is 280 g/mol. The average Bonchev–Trinajstić information content (AvgIpc) is 3.06. The number of rotatable bonds is 2. The van der Waals surface area contributed by atoms with Gasteiger partial charge in [-0.2, -0.15) is 0 Å². The van der Waals surface area contributed by atoms with E-state index in [1.807, 2.05) is 0 Å². The Morgan fingerprint density at radius 1 is 1.14 bits per heavy atom. The van der Waals surface area contributed by atoms with Crippen LogP contribution in [0.2, 0.25) is 0 Å². The normalized spacial score (nSPS) is 14.8. The van der Waals surface area contributed by atoms with Crippen LogP contribution in [0.15, 0.2) is 42.5 Å². The second-order valence-electron chi connectivity index (χ2n) is 5.85. The fourth-order valence-electron chi connectivity index (χ4n) is 3.47. The number of aryl methyl sites for hydroxylation is 1. The minimum Gasteiger partial charge on any atom is -0.323 e. The molecule has 2 aromatic carbocycles. The van der Waals surface area contributed by atoms with Crippen LogP contribution >= 0.6 is 11.6 Å². The van der Waals surface area contributed by atoms with Gasteiger partial charge in [0.15, 0.2) is 0 Å². The van der Waals surface area contributed by atoms with E-state index in [4.69, 9.17) is 16.6 Å². The molecule has 3 heteroatoms. The van der Waals surface area contributed by atoms with E-state index < -0.39 is 0 Å². The molecule has 21 heavy (non-hydrogen) atoms. The quantitative estimate of drug-likeness (QED) is 0.640. The molecule has 0 saturated heterocycles. The summed E-state index contributed by atoms with van der Waals surface area (Å²) in [7, 11) is 0. The van der Waals surface area contributed by atoms with Crippen molar-refractivity contribution in [3.8, 4) is 0 Å². The zero-order valence-electron chi connectivity index (χ0n) is 12.0. The molecule has 1 aromatic heterocycles. The Morgan fingerprint density at radius 3 is 2.52 bits per heavy atom. The van der Waals surface area contributed by atoms with Crippen molar-refractivity contribution in [2.45, 2.75) is 31.7 Å². The summed E-state index contributed by atoms with van der Waals surface area (Å²) in [6.07, 6.45) is 2.14. The lowest BCUT2D eigenvalue weighted by atomic mass is 10.1. The highest BCUT2D eigenvalue weighted by Crippen LogP contribution is 2.34. The highest BCUT2D eigenvalue weighted by molar-refractivity contribution is 6.16. The lowest BCUT2D eigenvalue weighted by Gasteiger charge is -2.15. The Morgan fingerprint density at radius 2 is 1.86 bits per heavy atom. The lowest BCUT2D eigenvalue weighted by Crippen LogP contribution is -2.12. The van der Waals surface area contributed by atoms with E-state index in [9.17, 15) is 0 Å². The molecule has 0 aliphatic heterocycles. The predicted molar refractivity (Wildman–Crippen MR) is 86.9 cm³/mol. The van der Waals surface area contributed by atoms with Crippen molar-refractivity contribution >= 4 is 22.6 Å². The van der Waals surface area contributed by atoms with E-state index in [-0.39, 0.29) is 0 Å². The van der Waals surface area contributed by atoms with Gasteiger partial charge in [-0.1, -0.05) is 30.3 Å². The highest BCUT2D eigenvalue weighted by Gasteiger charge is 2.25. The predicted octanol–water partition coefficient (Wildman–Crippen LogP) is 4.42. The SMILES string of the molecule is Cc1ccc2nc(CCl)n(C3Cc4ccccc4C3)c2c1. The molecule has 0 spiro atoms. The van der Waals surface area contributed by atoms with Gasteiger partial charge in [0, 0.05) is 6.04 Å².